The number of nitrogens with one attached hydrogen (secondary N) is 1. The van der Waals surface area contributed by atoms with Gasteiger partial charge in [0, 0.05) is 6.04 Å². The van der Waals surface area contributed by atoms with Gasteiger partial charge in [0.2, 0.25) is 11.8 Å². The average molecular weight is 507 g/mol. The zero-order chi connectivity index (χ0) is 25.6. The van der Waals surface area contributed by atoms with Crippen LogP contribution in [0.25, 0.3) is 11.2 Å². The number of imidazole rings is 1. The summed E-state index contributed by atoms with van der Waals surface area (Å²) in [6, 6.07) is 5.94. The third-order valence-corrected chi connectivity index (χ3v) is 6.40. The molecule has 2 aromatic heterocycles. The third kappa shape index (κ3) is 4.78. The number of aromatic nitrogens is 4. The largest absolute Gasteiger partial charge is 0.471 e. The standard InChI is InChI=1S/C23H27F2N5O6/c1-11-16(31)17(32)20(35-11)30-18-15(29-22(30)28-13-7-23(2,33)8-13)19(27-10-26-18)34-9-12-3-5-14(6-4-12)36-21(24)25/h3-6,10-11,13,16-17,20-21,31-33H,7-9H2,1-2H3,(H,28,29)/t11-,13-,16-,17-,20-,23-/m1/s1. The van der Waals surface area contributed by atoms with Gasteiger partial charge >= 0.3 is 6.61 Å². The van der Waals surface area contributed by atoms with Crippen molar-refractivity contribution in [2.45, 2.75) is 76.1 Å². The number of halogens is 2. The van der Waals surface area contributed by atoms with Crippen LogP contribution in [0.5, 0.6) is 11.6 Å². The molecule has 11 nitrogen and oxygen atoms in total. The minimum atomic E-state index is -2.91. The zero-order valence-electron chi connectivity index (χ0n) is 19.6. The van der Waals surface area contributed by atoms with E-state index >= 15 is 0 Å². The molecule has 0 radical (unpaired) electrons. The molecule has 2 aliphatic rings. The van der Waals surface area contributed by atoms with E-state index in [4.69, 9.17) is 9.47 Å². The highest BCUT2D eigenvalue weighted by molar-refractivity contribution is 5.79. The highest BCUT2D eigenvalue weighted by Gasteiger charge is 2.44. The molecule has 1 aromatic carbocycles. The summed E-state index contributed by atoms with van der Waals surface area (Å²) in [5, 5.41) is 34.3. The van der Waals surface area contributed by atoms with Gasteiger partial charge < -0.3 is 34.8 Å². The van der Waals surface area contributed by atoms with E-state index in [1.807, 2.05) is 0 Å². The van der Waals surface area contributed by atoms with Crippen LogP contribution in [0.1, 0.15) is 38.5 Å². The van der Waals surface area contributed by atoms with Gasteiger partial charge in [-0.25, -0.2) is 9.97 Å². The minimum absolute atomic E-state index is 0.0362. The first-order valence-corrected chi connectivity index (χ1v) is 11.5. The second kappa shape index (κ2) is 9.39. The predicted octanol–water partition coefficient (Wildman–Crippen LogP) is 1.97. The van der Waals surface area contributed by atoms with E-state index in [0.717, 1.165) is 0 Å². The minimum Gasteiger partial charge on any atom is -0.471 e. The molecule has 0 spiro atoms. The average Bonchev–Trinajstić information content (AvgIpc) is 3.29. The molecule has 13 heteroatoms. The summed E-state index contributed by atoms with van der Waals surface area (Å²) >= 11 is 0. The van der Waals surface area contributed by atoms with Crippen molar-refractivity contribution in [3.8, 4) is 11.6 Å². The number of hydrogen-bond donors (Lipinski definition) is 4. The molecule has 3 aromatic rings. The number of aliphatic hydroxyl groups is 3. The molecule has 0 amide bonds. The van der Waals surface area contributed by atoms with E-state index in [-0.39, 0.29) is 24.3 Å². The van der Waals surface area contributed by atoms with Crippen molar-refractivity contribution >= 4 is 17.1 Å². The molecule has 36 heavy (non-hydrogen) atoms. The van der Waals surface area contributed by atoms with Crippen LogP contribution in [-0.2, 0) is 11.3 Å². The Morgan fingerprint density at radius 3 is 2.53 bits per heavy atom. The number of nitrogens with zero attached hydrogens (tertiary/aromatic N) is 4. The van der Waals surface area contributed by atoms with Crippen LogP contribution < -0.4 is 14.8 Å². The molecule has 5 rings (SSSR count). The Hall–Kier alpha value is -3.13. The second-order valence-electron chi connectivity index (χ2n) is 9.43. The molecule has 1 saturated carbocycles. The Labute approximate surface area is 204 Å². The first-order valence-electron chi connectivity index (χ1n) is 11.5. The highest BCUT2D eigenvalue weighted by atomic mass is 19.3. The summed E-state index contributed by atoms with van der Waals surface area (Å²) in [6.07, 6.45) is -1.61. The van der Waals surface area contributed by atoms with Gasteiger partial charge in [0.25, 0.3) is 0 Å². The molecule has 2 fully saturated rings. The number of anilines is 1. The molecule has 0 bridgehead atoms. The molecule has 1 saturated heterocycles. The number of aliphatic hydroxyl groups excluding tert-OH is 2. The van der Waals surface area contributed by atoms with Crippen LogP contribution in [-0.4, -0.2) is 71.4 Å². The molecule has 3 heterocycles. The fourth-order valence-electron chi connectivity index (χ4n) is 4.58. The van der Waals surface area contributed by atoms with Gasteiger partial charge in [0.1, 0.15) is 30.9 Å². The van der Waals surface area contributed by atoms with Gasteiger partial charge in [-0.15, -0.1) is 0 Å². The van der Waals surface area contributed by atoms with E-state index in [9.17, 15) is 24.1 Å². The number of fused-ring (bicyclic) bond motifs is 1. The lowest BCUT2D eigenvalue weighted by Gasteiger charge is -2.41. The monoisotopic (exact) mass is 507 g/mol. The van der Waals surface area contributed by atoms with Crippen molar-refractivity contribution in [2.24, 2.45) is 0 Å². The van der Waals surface area contributed by atoms with Crippen molar-refractivity contribution in [3.63, 3.8) is 0 Å². The van der Waals surface area contributed by atoms with Crippen LogP contribution in [0.15, 0.2) is 30.6 Å². The number of benzene rings is 1. The number of rotatable bonds is 8. The lowest BCUT2D eigenvalue weighted by molar-refractivity contribution is -0.0498. The van der Waals surface area contributed by atoms with Crippen LogP contribution in [0, 0.1) is 0 Å². The topological polar surface area (TPSA) is 144 Å². The van der Waals surface area contributed by atoms with Gasteiger partial charge in [-0.2, -0.15) is 13.8 Å². The maximum absolute atomic E-state index is 12.4. The summed E-state index contributed by atoms with van der Waals surface area (Å²) in [5.74, 6) is 0.528. The van der Waals surface area contributed by atoms with Gasteiger partial charge in [-0.1, -0.05) is 12.1 Å². The Kier molecular flexibility index (Phi) is 6.41. The molecule has 1 aliphatic heterocycles. The van der Waals surface area contributed by atoms with Crippen molar-refractivity contribution in [3.05, 3.63) is 36.2 Å². The summed E-state index contributed by atoms with van der Waals surface area (Å²) in [4.78, 5) is 13.1. The molecular weight excluding hydrogens is 480 g/mol. The Morgan fingerprint density at radius 2 is 1.92 bits per heavy atom. The lowest BCUT2D eigenvalue weighted by Crippen LogP contribution is -2.48. The zero-order valence-corrected chi connectivity index (χ0v) is 19.6. The van der Waals surface area contributed by atoms with E-state index in [1.165, 1.54) is 18.5 Å². The fourth-order valence-corrected chi connectivity index (χ4v) is 4.58. The van der Waals surface area contributed by atoms with Crippen molar-refractivity contribution < 1.29 is 38.3 Å². The summed E-state index contributed by atoms with van der Waals surface area (Å²) in [5.41, 5.74) is 0.532. The maximum atomic E-state index is 12.4. The van der Waals surface area contributed by atoms with Crippen molar-refractivity contribution in [1.82, 2.24) is 19.5 Å². The Morgan fingerprint density at radius 1 is 1.19 bits per heavy atom. The van der Waals surface area contributed by atoms with E-state index in [0.29, 0.717) is 35.5 Å². The molecule has 1 aliphatic carbocycles. The van der Waals surface area contributed by atoms with Gasteiger partial charge in [0.05, 0.1) is 11.7 Å². The van der Waals surface area contributed by atoms with Gasteiger partial charge in [-0.05, 0) is 44.4 Å². The second-order valence-corrected chi connectivity index (χ2v) is 9.43. The number of alkyl halides is 2. The summed E-state index contributed by atoms with van der Waals surface area (Å²) in [6.45, 7) is 0.571. The first kappa shape index (κ1) is 24.6. The van der Waals surface area contributed by atoms with E-state index in [2.05, 4.69) is 25.0 Å². The fraction of sp³-hybridized carbons (Fsp3) is 0.522. The van der Waals surface area contributed by atoms with Crippen LogP contribution in [0.2, 0.25) is 0 Å². The number of hydrogen-bond acceptors (Lipinski definition) is 10. The molecule has 4 atom stereocenters. The van der Waals surface area contributed by atoms with Crippen LogP contribution >= 0.6 is 0 Å². The smallest absolute Gasteiger partial charge is 0.387 e. The summed E-state index contributed by atoms with van der Waals surface area (Å²) in [7, 11) is 0. The first-order chi connectivity index (χ1) is 17.1. The van der Waals surface area contributed by atoms with Crippen molar-refractivity contribution in [2.75, 3.05) is 5.32 Å². The molecule has 194 valence electrons. The van der Waals surface area contributed by atoms with E-state index in [1.54, 1.807) is 30.5 Å². The van der Waals surface area contributed by atoms with E-state index < -0.39 is 36.8 Å². The summed E-state index contributed by atoms with van der Waals surface area (Å²) < 4.78 is 42.4. The normalized spacial score (nSPS) is 29.9. The Bertz CT molecular complexity index is 1220. The maximum Gasteiger partial charge on any atom is 0.387 e. The molecular formula is C23H27F2N5O6. The van der Waals surface area contributed by atoms with Crippen LogP contribution in [0.4, 0.5) is 14.7 Å². The molecule has 4 N–H and O–H groups in total. The SMILES string of the molecule is C[C@H]1O[C@@H](n2c(N[C@H]3C[C@](C)(O)C3)nc3c(OCc4ccc(OC(F)F)cc4)ncnc32)[C@H](O)[C@@H]1O. The van der Waals surface area contributed by atoms with Gasteiger partial charge in [-0.3, -0.25) is 4.57 Å². The quantitative estimate of drug-likeness (QED) is 0.357. The molecule has 0 unspecified atom stereocenters. The predicted molar refractivity (Wildman–Crippen MR) is 122 cm³/mol. The van der Waals surface area contributed by atoms with Gasteiger partial charge in [0.15, 0.2) is 17.4 Å². The van der Waals surface area contributed by atoms with Crippen LogP contribution in [0.3, 0.4) is 0 Å². The highest BCUT2D eigenvalue weighted by Crippen LogP contribution is 2.39. The van der Waals surface area contributed by atoms with Crippen molar-refractivity contribution in [1.29, 1.82) is 0 Å². The number of ether oxygens (including phenoxy) is 3. The third-order valence-electron chi connectivity index (χ3n) is 6.40. The lowest BCUT2D eigenvalue weighted by atomic mass is 9.77. The Balaban J connectivity index is 1.43.